The molecule has 1 aromatic heterocycles. The number of aromatic nitrogens is 1. The Balaban J connectivity index is 3.21. The highest BCUT2D eigenvalue weighted by Gasteiger charge is 2.12. The van der Waals surface area contributed by atoms with Crippen LogP contribution >= 0.6 is 0 Å². The van der Waals surface area contributed by atoms with Gasteiger partial charge in [0.05, 0.1) is 0 Å². The van der Waals surface area contributed by atoms with Crippen molar-refractivity contribution in [1.29, 1.82) is 0 Å². The van der Waals surface area contributed by atoms with Crippen LogP contribution < -0.4 is 0 Å². The summed E-state index contributed by atoms with van der Waals surface area (Å²) in [5.41, 5.74) is 4.07. The Bertz CT molecular complexity index is 324. The standard InChI is InChI=1S/C14H23N/c1-9(2)12-7-14(11(5)6)15-8-13(12)10(3)4/h7-11H,1-6H3. The second-order valence-corrected chi connectivity index (χ2v) is 5.20. The van der Waals surface area contributed by atoms with Gasteiger partial charge in [0.2, 0.25) is 0 Å². The van der Waals surface area contributed by atoms with Crippen molar-refractivity contribution in [1.82, 2.24) is 4.98 Å². The van der Waals surface area contributed by atoms with Crippen LogP contribution in [0.3, 0.4) is 0 Å². The molecule has 0 N–H and O–H groups in total. The topological polar surface area (TPSA) is 12.9 Å². The molecule has 0 saturated carbocycles. The summed E-state index contributed by atoms with van der Waals surface area (Å²) >= 11 is 0. The van der Waals surface area contributed by atoms with E-state index < -0.39 is 0 Å². The van der Waals surface area contributed by atoms with E-state index in [1.54, 1.807) is 0 Å². The van der Waals surface area contributed by atoms with Gasteiger partial charge in [-0.25, -0.2) is 0 Å². The summed E-state index contributed by atoms with van der Waals surface area (Å²) in [5, 5.41) is 0. The first-order chi connectivity index (χ1) is 6.93. The minimum Gasteiger partial charge on any atom is -0.261 e. The lowest BCUT2D eigenvalue weighted by molar-refractivity contribution is 0.755. The molecular formula is C14H23N. The molecule has 0 aliphatic heterocycles. The highest BCUT2D eigenvalue weighted by Crippen LogP contribution is 2.27. The molecule has 0 radical (unpaired) electrons. The van der Waals surface area contributed by atoms with Crippen LogP contribution in [-0.4, -0.2) is 4.98 Å². The van der Waals surface area contributed by atoms with Crippen molar-refractivity contribution in [3.63, 3.8) is 0 Å². The van der Waals surface area contributed by atoms with Crippen LogP contribution in [0, 0.1) is 0 Å². The van der Waals surface area contributed by atoms with E-state index in [0.717, 1.165) is 0 Å². The maximum Gasteiger partial charge on any atom is 0.0432 e. The molecule has 0 fully saturated rings. The van der Waals surface area contributed by atoms with Crippen molar-refractivity contribution in [2.45, 2.75) is 59.3 Å². The van der Waals surface area contributed by atoms with Crippen LogP contribution in [-0.2, 0) is 0 Å². The summed E-state index contributed by atoms with van der Waals surface area (Å²) in [5.74, 6) is 1.67. The van der Waals surface area contributed by atoms with Crippen LogP contribution in [0.1, 0.15) is 76.1 Å². The Hall–Kier alpha value is -0.850. The predicted molar refractivity (Wildman–Crippen MR) is 66.5 cm³/mol. The zero-order chi connectivity index (χ0) is 11.6. The lowest BCUT2D eigenvalue weighted by Gasteiger charge is -2.17. The van der Waals surface area contributed by atoms with Crippen molar-refractivity contribution >= 4 is 0 Å². The summed E-state index contributed by atoms with van der Waals surface area (Å²) in [6, 6.07) is 2.28. The Labute approximate surface area is 93.9 Å². The Morgan fingerprint density at radius 3 is 1.73 bits per heavy atom. The number of rotatable bonds is 3. The zero-order valence-electron chi connectivity index (χ0n) is 10.8. The van der Waals surface area contributed by atoms with Crippen LogP contribution in [0.5, 0.6) is 0 Å². The summed E-state index contributed by atoms with van der Waals surface area (Å²) in [7, 11) is 0. The van der Waals surface area contributed by atoms with Gasteiger partial charge < -0.3 is 0 Å². The van der Waals surface area contributed by atoms with E-state index >= 15 is 0 Å². The molecule has 1 nitrogen and oxygen atoms in total. The third-order valence-corrected chi connectivity index (χ3v) is 2.82. The van der Waals surface area contributed by atoms with Gasteiger partial charge in [-0.15, -0.1) is 0 Å². The minimum absolute atomic E-state index is 0.517. The lowest BCUT2D eigenvalue weighted by atomic mass is 9.90. The summed E-state index contributed by atoms with van der Waals surface area (Å²) < 4.78 is 0. The van der Waals surface area contributed by atoms with Crippen molar-refractivity contribution in [3.8, 4) is 0 Å². The molecule has 0 saturated heterocycles. The largest absolute Gasteiger partial charge is 0.261 e. The Morgan fingerprint density at radius 1 is 0.800 bits per heavy atom. The first kappa shape index (κ1) is 12.2. The summed E-state index contributed by atoms with van der Waals surface area (Å²) in [6.45, 7) is 13.4. The molecule has 15 heavy (non-hydrogen) atoms. The smallest absolute Gasteiger partial charge is 0.0432 e. The van der Waals surface area contributed by atoms with Gasteiger partial charge in [0, 0.05) is 11.9 Å². The van der Waals surface area contributed by atoms with Gasteiger partial charge in [0.1, 0.15) is 0 Å². The number of hydrogen-bond donors (Lipinski definition) is 0. The number of hydrogen-bond acceptors (Lipinski definition) is 1. The van der Waals surface area contributed by atoms with Crippen molar-refractivity contribution in [2.24, 2.45) is 0 Å². The predicted octanol–water partition coefficient (Wildman–Crippen LogP) is 4.45. The molecular weight excluding hydrogens is 182 g/mol. The second kappa shape index (κ2) is 4.78. The van der Waals surface area contributed by atoms with Crippen molar-refractivity contribution < 1.29 is 0 Å². The van der Waals surface area contributed by atoms with Crippen molar-refractivity contribution in [3.05, 3.63) is 29.1 Å². The van der Waals surface area contributed by atoms with Crippen LogP contribution in [0.15, 0.2) is 12.3 Å². The molecule has 0 spiro atoms. The average Bonchev–Trinajstić information content (AvgIpc) is 2.16. The van der Waals surface area contributed by atoms with Gasteiger partial charge in [-0.1, -0.05) is 41.5 Å². The van der Waals surface area contributed by atoms with Gasteiger partial charge in [0.15, 0.2) is 0 Å². The summed E-state index contributed by atoms with van der Waals surface area (Å²) in [6.07, 6.45) is 2.06. The zero-order valence-corrected chi connectivity index (χ0v) is 10.8. The monoisotopic (exact) mass is 205 g/mol. The van der Waals surface area contributed by atoms with E-state index in [2.05, 4.69) is 58.8 Å². The second-order valence-electron chi connectivity index (χ2n) is 5.20. The van der Waals surface area contributed by atoms with E-state index in [4.69, 9.17) is 0 Å². The third-order valence-electron chi connectivity index (χ3n) is 2.82. The van der Waals surface area contributed by atoms with Gasteiger partial charge in [0.25, 0.3) is 0 Å². The molecule has 0 aromatic carbocycles. The molecule has 1 heterocycles. The maximum absolute atomic E-state index is 4.54. The van der Waals surface area contributed by atoms with E-state index in [1.165, 1.54) is 16.8 Å². The summed E-state index contributed by atoms with van der Waals surface area (Å²) in [4.78, 5) is 4.54. The molecule has 0 atom stereocenters. The molecule has 0 aliphatic carbocycles. The SMILES string of the molecule is CC(C)c1cc(C(C)C)c(C(C)C)cn1. The van der Waals surface area contributed by atoms with Gasteiger partial charge in [-0.05, 0) is 34.9 Å². The third kappa shape index (κ3) is 2.80. The number of nitrogens with zero attached hydrogens (tertiary/aromatic N) is 1. The first-order valence-electron chi connectivity index (χ1n) is 5.93. The van der Waals surface area contributed by atoms with Crippen molar-refractivity contribution in [2.75, 3.05) is 0 Å². The first-order valence-corrected chi connectivity index (χ1v) is 5.93. The quantitative estimate of drug-likeness (QED) is 0.710. The lowest BCUT2D eigenvalue weighted by Crippen LogP contribution is -2.03. The molecule has 84 valence electrons. The van der Waals surface area contributed by atoms with Gasteiger partial charge >= 0.3 is 0 Å². The molecule has 0 unspecified atom stereocenters. The fourth-order valence-corrected chi connectivity index (χ4v) is 1.80. The molecule has 1 heteroatoms. The molecule has 1 aromatic rings. The van der Waals surface area contributed by atoms with E-state index in [1.807, 2.05) is 0 Å². The van der Waals surface area contributed by atoms with E-state index in [-0.39, 0.29) is 0 Å². The molecule has 0 aliphatic rings. The van der Waals surface area contributed by atoms with Gasteiger partial charge in [-0.3, -0.25) is 4.98 Å². The molecule has 0 bridgehead atoms. The Kier molecular flexibility index (Phi) is 3.90. The van der Waals surface area contributed by atoms with Crippen LogP contribution in [0.2, 0.25) is 0 Å². The normalized spacial score (nSPS) is 11.8. The Morgan fingerprint density at radius 2 is 1.33 bits per heavy atom. The minimum atomic E-state index is 0.517. The molecule has 0 amide bonds. The van der Waals surface area contributed by atoms with Crippen LogP contribution in [0.4, 0.5) is 0 Å². The van der Waals surface area contributed by atoms with Gasteiger partial charge in [-0.2, -0.15) is 0 Å². The fourth-order valence-electron chi connectivity index (χ4n) is 1.80. The highest BCUT2D eigenvalue weighted by atomic mass is 14.7. The van der Waals surface area contributed by atoms with E-state index in [0.29, 0.717) is 17.8 Å². The van der Waals surface area contributed by atoms with Crippen LogP contribution in [0.25, 0.3) is 0 Å². The van der Waals surface area contributed by atoms with E-state index in [9.17, 15) is 0 Å². The highest BCUT2D eigenvalue weighted by molar-refractivity contribution is 5.32. The maximum atomic E-state index is 4.54. The number of pyridine rings is 1. The fraction of sp³-hybridized carbons (Fsp3) is 0.643. The average molecular weight is 205 g/mol. The molecule has 1 rings (SSSR count).